The Kier molecular flexibility index (Phi) is 15.1. The van der Waals surface area contributed by atoms with Gasteiger partial charge in [-0.3, -0.25) is 4.79 Å². The summed E-state index contributed by atoms with van der Waals surface area (Å²) < 4.78 is 16.9. The fraction of sp³-hybridized carbons (Fsp3) is 0.359. The van der Waals surface area contributed by atoms with Gasteiger partial charge in [-0.2, -0.15) is 0 Å². The van der Waals surface area contributed by atoms with Crippen molar-refractivity contribution in [1.82, 2.24) is 0 Å². The molecule has 7 heteroatoms. The second-order valence-electron chi connectivity index (χ2n) is 11.6. The fourth-order valence-electron chi connectivity index (χ4n) is 5.15. The molecule has 0 radical (unpaired) electrons. The molecule has 1 heterocycles. The molecule has 1 aliphatic carbocycles. The van der Waals surface area contributed by atoms with Crippen LogP contribution in [-0.2, 0) is 4.74 Å². The lowest BCUT2D eigenvalue weighted by Gasteiger charge is -2.16. The molecule has 0 amide bonds. The summed E-state index contributed by atoms with van der Waals surface area (Å²) in [6, 6.07) is 26.9. The number of hydrogen-bond donors (Lipinski definition) is 1. The summed E-state index contributed by atoms with van der Waals surface area (Å²) in [6.45, 7) is 7.54. The molecule has 1 N–H and O–H groups in total. The molecule has 0 spiro atoms. The number of aliphatic hydroxyl groups is 1. The van der Waals surface area contributed by atoms with E-state index in [-0.39, 0.29) is 13.5 Å². The molecule has 0 aromatic heterocycles. The van der Waals surface area contributed by atoms with Crippen molar-refractivity contribution in [3.05, 3.63) is 128 Å². The van der Waals surface area contributed by atoms with E-state index in [2.05, 4.69) is 19.1 Å². The van der Waals surface area contributed by atoms with Crippen LogP contribution in [0.3, 0.4) is 0 Å². The molecule has 5 nitrogen and oxygen atoms in total. The third-order valence-electron chi connectivity index (χ3n) is 7.74. The second-order valence-corrected chi connectivity index (χ2v) is 12.4. The van der Waals surface area contributed by atoms with Gasteiger partial charge >= 0.3 is 0 Å². The molecule has 2 aliphatic rings. The van der Waals surface area contributed by atoms with Crippen molar-refractivity contribution in [3.8, 4) is 11.5 Å². The van der Waals surface area contributed by atoms with E-state index in [1.165, 1.54) is 18.4 Å². The number of carbonyl (C=O) groups is 1. The number of rotatable bonds is 7. The normalized spacial score (nSPS) is 16.2. The van der Waals surface area contributed by atoms with E-state index in [0.717, 1.165) is 72.5 Å². The van der Waals surface area contributed by atoms with Crippen LogP contribution in [0.25, 0.3) is 0 Å². The number of hydrogen-bond acceptors (Lipinski definition) is 5. The van der Waals surface area contributed by atoms with Crippen LogP contribution in [0.1, 0.15) is 83.8 Å². The van der Waals surface area contributed by atoms with Gasteiger partial charge in [0.15, 0.2) is 6.29 Å². The van der Waals surface area contributed by atoms with Crippen LogP contribution >= 0.6 is 23.2 Å². The van der Waals surface area contributed by atoms with Crippen molar-refractivity contribution < 1.29 is 24.1 Å². The Bertz CT molecular complexity index is 1490. The smallest absolute Gasteiger partial charge is 0.151 e. The van der Waals surface area contributed by atoms with Crippen LogP contribution in [-0.4, -0.2) is 36.8 Å². The second kappa shape index (κ2) is 18.7. The van der Waals surface area contributed by atoms with Crippen LogP contribution < -0.4 is 9.47 Å². The standard InChI is InChI=1S/C19H21ClO2.C11H14O2.C8H7ClO.CH4/c1-13-6-11-18(20)17(12-13)19(21)14-7-9-16(10-8-14)22-15-4-2-3-5-15;1-9-2-4-10(5-3-9)13-11-6-7-12-8-11;1-6-2-3-8(9)7(4-6)5-10;/h6-12,15,19,21H,2-5H2,1H3;2-5,11H,6-8H2,1H3;2-5H,1H3;1H4/t;11-;;/m.0../s1. The van der Waals surface area contributed by atoms with Crippen LogP contribution in [0.2, 0.25) is 10.0 Å². The average Bonchev–Trinajstić information content (AvgIpc) is 3.76. The summed E-state index contributed by atoms with van der Waals surface area (Å²) in [5.41, 5.74) is 5.51. The molecule has 1 saturated carbocycles. The van der Waals surface area contributed by atoms with Crippen molar-refractivity contribution in [1.29, 1.82) is 0 Å². The zero-order chi connectivity index (χ0) is 32.2. The number of benzene rings is 4. The molecule has 1 aliphatic heterocycles. The predicted molar refractivity (Wildman–Crippen MR) is 189 cm³/mol. The molecule has 1 unspecified atom stereocenters. The van der Waals surface area contributed by atoms with E-state index in [9.17, 15) is 9.90 Å². The average molecular weight is 666 g/mol. The SMILES string of the molecule is C.Cc1ccc(Cl)c(C(O)c2ccc(OC3CCCC3)cc2)c1.Cc1ccc(Cl)c(C=O)c1.Cc1ccc(O[C@H]2CCOC2)cc1. The lowest BCUT2D eigenvalue weighted by molar-refractivity contribution is 0.112. The summed E-state index contributed by atoms with van der Waals surface area (Å²) in [5.74, 6) is 1.82. The zero-order valence-corrected chi connectivity index (χ0v) is 27.7. The van der Waals surface area contributed by atoms with Gasteiger partial charge in [-0.25, -0.2) is 0 Å². The third-order valence-corrected chi connectivity index (χ3v) is 8.43. The first-order valence-corrected chi connectivity index (χ1v) is 16.2. The molecular formula is C39H46Cl2O5. The lowest BCUT2D eigenvalue weighted by Crippen LogP contribution is -2.15. The van der Waals surface area contributed by atoms with Crippen LogP contribution in [0.4, 0.5) is 0 Å². The third kappa shape index (κ3) is 11.5. The minimum absolute atomic E-state index is 0. The van der Waals surface area contributed by atoms with E-state index >= 15 is 0 Å². The van der Waals surface area contributed by atoms with Crippen LogP contribution in [0, 0.1) is 20.8 Å². The van der Waals surface area contributed by atoms with Gasteiger partial charge in [0.1, 0.15) is 23.7 Å². The summed E-state index contributed by atoms with van der Waals surface area (Å²) in [5, 5.41) is 11.6. The highest BCUT2D eigenvalue weighted by molar-refractivity contribution is 6.33. The van der Waals surface area contributed by atoms with E-state index in [1.807, 2.05) is 74.5 Å². The van der Waals surface area contributed by atoms with Gasteiger partial charge < -0.3 is 19.3 Å². The first-order valence-electron chi connectivity index (χ1n) is 15.4. The maximum atomic E-state index is 10.5. The Balaban J connectivity index is 0.000000204. The van der Waals surface area contributed by atoms with Gasteiger partial charge in [-0.05, 0) is 94.5 Å². The highest BCUT2D eigenvalue weighted by Gasteiger charge is 2.18. The number of aryl methyl sites for hydroxylation is 3. The van der Waals surface area contributed by atoms with Crippen molar-refractivity contribution >= 4 is 29.5 Å². The highest BCUT2D eigenvalue weighted by Crippen LogP contribution is 2.31. The molecule has 4 aromatic carbocycles. The lowest BCUT2D eigenvalue weighted by atomic mass is 10.00. The first-order chi connectivity index (χ1) is 21.7. The van der Waals surface area contributed by atoms with Gasteiger partial charge in [0.2, 0.25) is 0 Å². The van der Waals surface area contributed by atoms with Crippen molar-refractivity contribution in [2.75, 3.05) is 13.2 Å². The van der Waals surface area contributed by atoms with Gasteiger partial charge in [0, 0.05) is 22.6 Å². The van der Waals surface area contributed by atoms with E-state index in [0.29, 0.717) is 21.7 Å². The van der Waals surface area contributed by atoms with E-state index < -0.39 is 6.10 Å². The van der Waals surface area contributed by atoms with Crippen LogP contribution in [0.15, 0.2) is 84.9 Å². The summed E-state index contributed by atoms with van der Waals surface area (Å²) >= 11 is 11.9. The molecule has 4 aromatic rings. The van der Waals surface area contributed by atoms with Gasteiger partial charge in [-0.1, -0.05) is 89.8 Å². The van der Waals surface area contributed by atoms with Crippen LogP contribution in [0.5, 0.6) is 11.5 Å². The quantitative estimate of drug-likeness (QED) is 0.199. The number of ether oxygens (including phenoxy) is 3. The summed E-state index contributed by atoms with van der Waals surface area (Å²) in [7, 11) is 0. The molecular weight excluding hydrogens is 619 g/mol. The Morgan fingerprint density at radius 1 is 0.739 bits per heavy atom. The molecule has 6 rings (SSSR count). The summed E-state index contributed by atoms with van der Waals surface area (Å²) in [4.78, 5) is 10.3. The fourth-order valence-corrected chi connectivity index (χ4v) is 5.53. The monoisotopic (exact) mass is 664 g/mol. The maximum absolute atomic E-state index is 10.5. The minimum Gasteiger partial charge on any atom is -0.490 e. The molecule has 2 atom stereocenters. The molecule has 0 bridgehead atoms. The largest absolute Gasteiger partial charge is 0.490 e. The Morgan fingerprint density at radius 2 is 1.28 bits per heavy atom. The molecule has 246 valence electrons. The first kappa shape index (κ1) is 37.1. The maximum Gasteiger partial charge on any atom is 0.151 e. The number of aldehydes is 1. The van der Waals surface area contributed by atoms with Crippen molar-refractivity contribution in [2.24, 2.45) is 0 Å². The molecule has 1 saturated heterocycles. The summed E-state index contributed by atoms with van der Waals surface area (Å²) in [6.07, 6.45) is 6.45. The Morgan fingerprint density at radius 3 is 1.85 bits per heavy atom. The van der Waals surface area contributed by atoms with Crippen molar-refractivity contribution in [2.45, 2.75) is 78.6 Å². The highest BCUT2D eigenvalue weighted by atomic mass is 35.5. The number of halogens is 2. The number of aliphatic hydroxyl groups excluding tert-OH is 1. The van der Waals surface area contributed by atoms with Crippen molar-refractivity contribution in [3.63, 3.8) is 0 Å². The predicted octanol–water partition coefficient (Wildman–Crippen LogP) is 10.3. The van der Waals surface area contributed by atoms with E-state index in [1.54, 1.807) is 12.1 Å². The molecule has 46 heavy (non-hydrogen) atoms. The Labute approximate surface area is 284 Å². The van der Waals surface area contributed by atoms with Gasteiger partial charge in [-0.15, -0.1) is 0 Å². The minimum atomic E-state index is -0.715. The Hall–Kier alpha value is -3.35. The number of carbonyl (C=O) groups excluding carboxylic acids is 1. The topological polar surface area (TPSA) is 65.0 Å². The van der Waals surface area contributed by atoms with E-state index in [4.69, 9.17) is 37.4 Å². The van der Waals surface area contributed by atoms with Gasteiger partial charge in [0.05, 0.1) is 24.3 Å². The van der Waals surface area contributed by atoms with Gasteiger partial charge in [0.25, 0.3) is 0 Å². The zero-order valence-electron chi connectivity index (χ0n) is 26.2. The molecule has 2 fully saturated rings.